The van der Waals surface area contributed by atoms with Crippen molar-refractivity contribution >= 4 is 29.0 Å². The maximum atomic E-state index is 12.4. The standard InChI is InChI=1S/C21H23N5O6/c1-11(2)18(28)24-21-23-17-16(19(29)25-21)22-10-26(17)15-8-13(14(9-27)31-15)32-20(30)12-6-4-3-5-7-12/h3-7,10-11,13-15,27H,8-9H2,1-2H3,(H2,23,24,25,28,29)/t13-,14-,15-/m1/s1. The Morgan fingerprint density at radius 1 is 1.34 bits per heavy atom. The minimum Gasteiger partial charge on any atom is -0.456 e. The number of carbonyl (C=O) groups excluding carboxylic acids is 2. The molecule has 1 aromatic carbocycles. The van der Waals surface area contributed by atoms with E-state index in [4.69, 9.17) is 9.47 Å². The van der Waals surface area contributed by atoms with Crippen molar-refractivity contribution in [1.82, 2.24) is 19.5 Å². The van der Waals surface area contributed by atoms with Crippen molar-refractivity contribution in [2.45, 2.75) is 38.7 Å². The molecule has 3 aromatic rings. The van der Waals surface area contributed by atoms with Crippen LogP contribution in [0.1, 0.15) is 36.9 Å². The van der Waals surface area contributed by atoms with Gasteiger partial charge in [-0.05, 0) is 12.1 Å². The van der Waals surface area contributed by atoms with Gasteiger partial charge < -0.3 is 14.6 Å². The topological polar surface area (TPSA) is 148 Å². The monoisotopic (exact) mass is 441 g/mol. The SMILES string of the molecule is CC(C)C(=O)Nc1nc2c(ncn2[C@H]2C[C@@H](OC(=O)c3ccccc3)[C@@H](CO)O2)c(=O)[nH]1. The predicted octanol–water partition coefficient (Wildman–Crippen LogP) is 1.22. The van der Waals surface area contributed by atoms with Crippen LogP contribution in [0.25, 0.3) is 11.2 Å². The highest BCUT2D eigenvalue weighted by Gasteiger charge is 2.39. The van der Waals surface area contributed by atoms with Crippen LogP contribution in [0.5, 0.6) is 0 Å². The Labute approximate surface area is 182 Å². The number of benzene rings is 1. The van der Waals surface area contributed by atoms with Gasteiger partial charge in [0.25, 0.3) is 5.56 Å². The Hall–Kier alpha value is -3.57. The molecule has 2 aromatic heterocycles. The summed E-state index contributed by atoms with van der Waals surface area (Å²) in [5.74, 6) is -1.14. The van der Waals surface area contributed by atoms with Crippen molar-refractivity contribution in [2.75, 3.05) is 11.9 Å². The summed E-state index contributed by atoms with van der Waals surface area (Å²) in [5.41, 5.74) is 0.141. The van der Waals surface area contributed by atoms with Crippen LogP contribution in [-0.2, 0) is 14.3 Å². The molecule has 11 nitrogen and oxygen atoms in total. The molecule has 1 amide bonds. The molecular formula is C21H23N5O6. The van der Waals surface area contributed by atoms with Crippen LogP contribution in [0, 0.1) is 5.92 Å². The Kier molecular flexibility index (Phi) is 6.01. The molecule has 1 aliphatic rings. The average molecular weight is 441 g/mol. The molecule has 1 aliphatic heterocycles. The zero-order valence-corrected chi connectivity index (χ0v) is 17.5. The first-order valence-electron chi connectivity index (χ1n) is 10.2. The summed E-state index contributed by atoms with van der Waals surface area (Å²) in [6.07, 6.45) is -0.544. The number of imidazole rings is 1. The molecule has 11 heteroatoms. The van der Waals surface area contributed by atoms with E-state index in [1.165, 1.54) is 10.9 Å². The number of amides is 1. The van der Waals surface area contributed by atoms with Crippen molar-refractivity contribution in [3.63, 3.8) is 0 Å². The fourth-order valence-corrected chi connectivity index (χ4v) is 3.40. The molecule has 1 saturated heterocycles. The van der Waals surface area contributed by atoms with Crippen LogP contribution in [0.3, 0.4) is 0 Å². The van der Waals surface area contributed by atoms with Crippen LogP contribution in [0.2, 0.25) is 0 Å². The third-order valence-corrected chi connectivity index (χ3v) is 5.14. The number of nitrogens with zero attached hydrogens (tertiary/aromatic N) is 3. The molecule has 0 aliphatic carbocycles. The smallest absolute Gasteiger partial charge is 0.338 e. The molecule has 32 heavy (non-hydrogen) atoms. The molecule has 1 fully saturated rings. The van der Waals surface area contributed by atoms with Gasteiger partial charge >= 0.3 is 5.97 Å². The van der Waals surface area contributed by atoms with E-state index in [0.29, 0.717) is 5.56 Å². The van der Waals surface area contributed by atoms with Gasteiger partial charge in [0.2, 0.25) is 11.9 Å². The number of fused-ring (bicyclic) bond motifs is 1. The molecule has 168 valence electrons. The van der Waals surface area contributed by atoms with Gasteiger partial charge in [-0.25, -0.2) is 9.78 Å². The molecule has 0 radical (unpaired) electrons. The number of aromatic amines is 1. The number of esters is 1. The lowest BCUT2D eigenvalue weighted by Gasteiger charge is -2.16. The molecule has 3 N–H and O–H groups in total. The highest BCUT2D eigenvalue weighted by atomic mass is 16.6. The number of rotatable bonds is 6. The van der Waals surface area contributed by atoms with E-state index in [0.717, 1.165) is 0 Å². The number of aliphatic hydroxyl groups excluding tert-OH is 1. The van der Waals surface area contributed by atoms with Gasteiger partial charge in [-0.1, -0.05) is 32.0 Å². The van der Waals surface area contributed by atoms with E-state index in [9.17, 15) is 19.5 Å². The Morgan fingerprint density at radius 2 is 2.09 bits per heavy atom. The predicted molar refractivity (Wildman–Crippen MR) is 113 cm³/mol. The van der Waals surface area contributed by atoms with Crippen molar-refractivity contribution in [1.29, 1.82) is 0 Å². The molecule has 3 heterocycles. The molecular weight excluding hydrogens is 418 g/mol. The lowest BCUT2D eigenvalue weighted by Crippen LogP contribution is -2.30. The van der Waals surface area contributed by atoms with E-state index < -0.39 is 30.0 Å². The Morgan fingerprint density at radius 3 is 2.78 bits per heavy atom. The minimum absolute atomic E-state index is 0.00768. The fraction of sp³-hybridized carbons (Fsp3) is 0.381. The van der Waals surface area contributed by atoms with Crippen molar-refractivity contribution in [3.05, 3.63) is 52.6 Å². The lowest BCUT2D eigenvalue weighted by atomic mass is 10.1. The number of ether oxygens (including phenoxy) is 2. The first-order valence-corrected chi connectivity index (χ1v) is 10.2. The summed E-state index contributed by atoms with van der Waals surface area (Å²) in [4.78, 5) is 47.7. The van der Waals surface area contributed by atoms with Crippen molar-refractivity contribution in [3.8, 4) is 0 Å². The second-order valence-electron chi connectivity index (χ2n) is 7.74. The van der Waals surface area contributed by atoms with Crippen LogP contribution < -0.4 is 10.9 Å². The average Bonchev–Trinajstić information content (AvgIpc) is 3.38. The van der Waals surface area contributed by atoms with Crippen molar-refractivity contribution < 1.29 is 24.2 Å². The summed E-state index contributed by atoms with van der Waals surface area (Å²) in [7, 11) is 0. The summed E-state index contributed by atoms with van der Waals surface area (Å²) in [5, 5.41) is 12.3. The van der Waals surface area contributed by atoms with Gasteiger partial charge in [0.1, 0.15) is 18.4 Å². The minimum atomic E-state index is -0.757. The number of hydrogen-bond acceptors (Lipinski definition) is 8. The van der Waals surface area contributed by atoms with Crippen LogP contribution in [0.15, 0.2) is 41.5 Å². The number of H-pyrrole nitrogens is 1. The van der Waals surface area contributed by atoms with E-state index in [1.807, 2.05) is 0 Å². The Balaban J connectivity index is 1.58. The van der Waals surface area contributed by atoms with Gasteiger partial charge in [-0.3, -0.25) is 24.5 Å². The normalized spacial score (nSPS) is 20.6. The fourth-order valence-electron chi connectivity index (χ4n) is 3.40. The number of hydrogen-bond donors (Lipinski definition) is 3. The summed E-state index contributed by atoms with van der Waals surface area (Å²) in [6.45, 7) is 3.07. The molecule has 0 unspecified atom stereocenters. The first-order chi connectivity index (χ1) is 15.4. The third kappa shape index (κ3) is 4.25. The molecule has 0 spiro atoms. The summed E-state index contributed by atoms with van der Waals surface area (Å²) < 4.78 is 13.0. The van der Waals surface area contributed by atoms with Crippen LogP contribution in [0.4, 0.5) is 5.95 Å². The number of anilines is 1. The summed E-state index contributed by atoms with van der Waals surface area (Å²) in [6, 6.07) is 8.51. The highest BCUT2D eigenvalue weighted by Crippen LogP contribution is 2.32. The Bertz CT molecular complexity index is 1190. The third-order valence-electron chi connectivity index (χ3n) is 5.14. The maximum absolute atomic E-state index is 12.4. The van der Waals surface area contributed by atoms with Crippen LogP contribution >= 0.6 is 0 Å². The number of aliphatic hydroxyl groups is 1. The van der Waals surface area contributed by atoms with E-state index in [-0.39, 0.29) is 42.0 Å². The van der Waals surface area contributed by atoms with Gasteiger partial charge in [-0.15, -0.1) is 0 Å². The van der Waals surface area contributed by atoms with E-state index >= 15 is 0 Å². The van der Waals surface area contributed by atoms with E-state index in [2.05, 4.69) is 20.3 Å². The first kappa shape index (κ1) is 21.7. The molecule has 4 rings (SSSR count). The van der Waals surface area contributed by atoms with Crippen molar-refractivity contribution in [2.24, 2.45) is 5.92 Å². The van der Waals surface area contributed by atoms with Gasteiger partial charge in [0.05, 0.1) is 18.5 Å². The summed E-state index contributed by atoms with van der Waals surface area (Å²) >= 11 is 0. The lowest BCUT2D eigenvalue weighted by molar-refractivity contribution is -0.118. The molecule has 3 atom stereocenters. The van der Waals surface area contributed by atoms with Gasteiger partial charge in [0, 0.05) is 12.3 Å². The number of carbonyl (C=O) groups is 2. The van der Waals surface area contributed by atoms with Crippen LogP contribution in [-0.4, -0.2) is 55.3 Å². The number of aromatic nitrogens is 4. The van der Waals surface area contributed by atoms with E-state index in [1.54, 1.807) is 44.2 Å². The zero-order chi connectivity index (χ0) is 22.8. The number of nitrogens with one attached hydrogen (secondary N) is 2. The zero-order valence-electron chi connectivity index (χ0n) is 17.5. The molecule has 0 bridgehead atoms. The second-order valence-corrected chi connectivity index (χ2v) is 7.74. The van der Waals surface area contributed by atoms with Gasteiger partial charge in [0.15, 0.2) is 11.2 Å². The second kappa shape index (κ2) is 8.89. The van der Waals surface area contributed by atoms with Gasteiger partial charge in [-0.2, -0.15) is 4.98 Å². The molecule has 0 saturated carbocycles. The largest absolute Gasteiger partial charge is 0.456 e. The quantitative estimate of drug-likeness (QED) is 0.484. The highest BCUT2D eigenvalue weighted by molar-refractivity contribution is 5.91. The maximum Gasteiger partial charge on any atom is 0.338 e.